The summed E-state index contributed by atoms with van der Waals surface area (Å²) in [6.07, 6.45) is 1.59. The summed E-state index contributed by atoms with van der Waals surface area (Å²) in [7, 11) is 0. The van der Waals surface area contributed by atoms with Crippen LogP contribution in [0.25, 0.3) is 16.4 Å². The summed E-state index contributed by atoms with van der Waals surface area (Å²) in [6.45, 7) is 1.97. The number of rotatable bonds is 3. The minimum atomic E-state index is 0.679. The second-order valence-corrected chi connectivity index (χ2v) is 5.73. The van der Waals surface area contributed by atoms with E-state index in [2.05, 4.69) is 25.8 Å². The molecule has 4 aromatic rings. The topological polar surface area (TPSA) is 67.5 Å². The molecular weight excluding hydrogens is 296 g/mol. The Labute approximate surface area is 130 Å². The number of anilines is 1. The Hall–Kier alpha value is -2.80. The van der Waals surface area contributed by atoms with E-state index in [9.17, 15) is 0 Å². The number of benzene rings is 1. The minimum Gasteiger partial charge on any atom is -0.259 e. The molecule has 3 heterocycles. The highest BCUT2D eigenvalue weighted by Gasteiger charge is 2.09. The first-order chi connectivity index (χ1) is 10.8. The molecular formula is C15H12N6S. The molecule has 1 N–H and O–H groups in total. The summed E-state index contributed by atoms with van der Waals surface area (Å²) < 4.78 is 1.65. The van der Waals surface area contributed by atoms with Gasteiger partial charge in [0.05, 0.1) is 5.71 Å². The van der Waals surface area contributed by atoms with Crippen molar-refractivity contribution in [2.45, 2.75) is 6.92 Å². The third-order valence-corrected chi connectivity index (χ3v) is 4.35. The van der Waals surface area contributed by atoms with E-state index in [0.717, 1.165) is 27.0 Å². The van der Waals surface area contributed by atoms with Gasteiger partial charge in [-0.25, -0.2) is 0 Å². The molecule has 0 aliphatic heterocycles. The van der Waals surface area contributed by atoms with Gasteiger partial charge in [0.2, 0.25) is 0 Å². The first-order valence-corrected chi connectivity index (χ1v) is 7.64. The van der Waals surface area contributed by atoms with Gasteiger partial charge in [0.25, 0.3) is 0 Å². The van der Waals surface area contributed by atoms with Gasteiger partial charge in [-0.2, -0.15) is 9.62 Å². The molecule has 0 unspecified atom stereocenters. The van der Waals surface area contributed by atoms with Crippen molar-refractivity contribution in [3.8, 4) is 0 Å². The van der Waals surface area contributed by atoms with Crippen LogP contribution in [0.15, 0.2) is 53.2 Å². The van der Waals surface area contributed by atoms with E-state index in [-0.39, 0.29) is 0 Å². The second kappa shape index (κ2) is 5.19. The summed E-state index contributed by atoms with van der Waals surface area (Å²) >= 11 is 1.66. The fourth-order valence-electron chi connectivity index (χ4n) is 2.29. The van der Waals surface area contributed by atoms with Crippen LogP contribution < -0.4 is 5.43 Å². The summed E-state index contributed by atoms with van der Waals surface area (Å²) in [5.41, 5.74) is 4.72. The quantitative estimate of drug-likeness (QED) is 0.466. The normalized spacial score (nSPS) is 12.1. The smallest absolute Gasteiger partial charge is 0.185 e. The van der Waals surface area contributed by atoms with Crippen LogP contribution in [-0.4, -0.2) is 25.5 Å². The molecule has 22 heavy (non-hydrogen) atoms. The molecule has 108 valence electrons. The number of hydrogen-bond acceptors (Lipinski definition) is 6. The number of thiophene rings is 1. The number of nitrogens with one attached hydrogen (secondary N) is 1. The number of fused-ring (bicyclic) bond motifs is 3. The predicted molar refractivity (Wildman–Crippen MR) is 88.4 cm³/mol. The molecule has 0 saturated heterocycles. The molecule has 0 spiro atoms. The van der Waals surface area contributed by atoms with Gasteiger partial charge in [-0.15, -0.1) is 26.6 Å². The molecule has 0 amide bonds. The Morgan fingerprint density at radius 3 is 2.86 bits per heavy atom. The highest BCUT2D eigenvalue weighted by atomic mass is 32.1. The SMILES string of the molecule is C/C(=N\Nc1nn2cnnc2c2ccccc12)c1cccs1. The Morgan fingerprint density at radius 2 is 2.05 bits per heavy atom. The summed E-state index contributed by atoms with van der Waals surface area (Å²) in [5, 5.41) is 20.9. The molecule has 0 radical (unpaired) electrons. The van der Waals surface area contributed by atoms with Gasteiger partial charge in [0.1, 0.15) is 6.33 Å². The number of nitrogens with zero attached hydrogens (tertiary/aromatic N) is 5. The Morgan fingerprint density at radius 1 is 1.18 bits per heavy atom. The number of aromatic nitrogens is 4. The van der Waals surface area contributed by atoms with Gasteiger partial charge in [-0.05, 0) is 18.4 Å². The predicted octanol–water partition coefficient (Wildman–Crippen LogP) is 3.18. The molecule has 0 saturated carbocycles. The molecule has 0 aliphatic rings. The summed E-state index contributed by atoms with van der Waals surface area (Å²) in [4.78, 5) is 1.13. The number of hydrogen-bond donors (Lipinski definition) is 1. The van der Waals surface area contributed by atoms with Crippen molar-refractivity contribution in [2.24, 2.45) is 5.10 Å². The molecule has 1 aromatic carbocycles. The van der Waals surface area contributed by atoms with E-state index in [1.807, 2.05) is 48.7 Å². The zero-order valence-corrected chi connectivity index (χ0v) is 12.6. The zero-order valence-electron chi connectivity index (χ0n) is 11.8. The lowest BCUT2D eigenvalue weighted by Gasteiger charge is -2.06. The molecule has 7 heteroatoms. The third kappa shape index (κ3) is 2.11. The van der Waals surface area contributed by atoms with Crippen molar-refractivity contribution < 1.29 is 0 Å². The Kier molecular flexibility index (Phi) is 3.05. The van der Waals surface area contributed by atoms with Crippen LogP contribution in [0, 0.1) is 0 Å². The average molecular weight is 308 g/mol. The standard InChI is InChI=1S/C15H12N6S/c1-10(13-7-4-8-22-13)17-18-14-11-5-2-3-6-12(11)15-19-16-9-21(15)20-14/h2-9H,1H3,(H,18,20)/b17-10+. The van der Waals surface area contributed by atoms with Gasteiger partial charge in [0, 0.05) is 15.6 Å². The lowest BCUT2D eigenvalue weighted by molar-refractivity contribution is 0.934. The fraction of sp³-hybridized carbons (Fsp3) is 0.0667. The number of hydrazone groups is 1. The van der Waals surface area contributed by atoms with Crippen molar-refractivity contribution in [3.05, 3.63) is 53.0 Å². The van der Waals surface area contributed by atoms with Crippen LogP contribution >= 0.6 is 11.3 Å². The van der Waals surface area contributed by atoms with E-state index in [1.54, 1.807) is 22.2 Å². The van der Waals surface area contributed by atoms with Gasteiger partial charge < -0.3 is 0 Å². The van der Waals surface area contributed by atoms with Crippen LogP contribution in [0.4, 0.5) is 5.82 Å². The molecule has 6 nitrogen and oxygen atoms in total. The maximum atomic E-state index is 4.49. The van der Waals surface area contributed by atoms with Crippen molar-refractivity contribution in [2.75, 3.05) is 5.43 Å². The Bertz CT molecular complexity index is 970. The maximum Gasteiger partial charge on any atom is 0.185 e. The monoisotopic (exact) mass is 308 g/mol. The second-order valence-electron chi connectivity index (χ2n) is 4.78. The zero-order chi connectivity index (χ0) is 14.9. The third-order valence-electron chi connectivity index (χ3n) is 3.37. The first-order valence-electron chi connectivity index (χ1n) is 6.76. The highest BCUT2D eigenvalue weighted by Crippen LogP contribution is 2.24. The van der Waals surface area contributed by atoms with Crippen LogP contribution in [0.5, 0.6) is 0 Å². The molecule has 4 rings (SSSR count). The van der Waals surface area contributed by atoms with Gasteiger partial charge in [0.15, 0.2) is 11.5 Å². The molecule has 0 aliphatic carbocycles. The van der Waals surface area contributed by atoms with Gasteiger partial charge in [-0.1, -0.05) is 30.3 Å². The van der Waals surface area contributed by atoms with Crippen molar-refractivity contribution >= 4 is 39.3 Å². The van der Waals surface area contributed by atoms with Crippen molar-refractivity contribution in [3.63, 3.8) is 0 Å². The Balaban J connectivity index is 1.81. The van der Waals surface area contributed by atoms with E-state index in [4.69, 9.17) is 0 Å². The van der Waals surface area contributed by atoms with Crippen molar-refractivity contribution in [1.82, 2.24) is 19.8 Å². The van der Waals surface area contributed by atoms with Gasteiger partial charge in [-0.3, -0.25) is 5.43 Å². The fourth-order valence-corrected chi connectivity index (χ4v) is 2.96. The largest absolute Gasteiger partial charge is 0.259 e. The molecule has 0 fully saturated rings. The van der Waals surface area contributed by atoms with Crippen molar-refractivity contribution in [1.29, 1.82) is 0 Å². The highest BCUT2D eigenvalue weighted by molar-refractivity contribution is 7.12. The van der Waals surface area contributed by atoms with E-state index < -0.39 is 0 Å². The van der Waals surface area contributed by atoms with E-state index >= 15 is 0 Å². The average Bonchev–Trinajstić information content (AvgIpc) is 3.23. The summed E-state index contributed by atoms with van der Waals surface area (Å²) in [5.74, 6) is 0.679. The van der Waals surface area contributed by atoms with Crippen LogP contribution in [0.3, 0.4) is 0 Å². The molecule has 3 aromatic heterocycles. The molecule has 0 bridgehead atoms. The lowest BCUT2D eigenvalue weighted by atomic mass is 10.2. The first kappa shape index (κ1) is 12.9. The van der Waals surface area contributed by atoms with E-state index in [0.29, 0.717) is 5.82 Å². The summed E-state index contributed by atoms with van der Waals surface area (Å²) in [6, 6.07) is 12.0. The molecule has 0 atom stereocenters. The van der Waals surface area contributed by atoms with Gasteiger partial charge >= 0.3 is 0 Å². The van der Waals surface area contributed by atoms with Crippen LogP contribution in [0.2, 0.25) is 0 Å². The van der Waals surface area contributed by atoms with Crippen LogP contribution in [0.1, 0.15) is 11.8 Å². The van der Waals surface area contributed by atoms with Crippen LogP contribution in [-0.2, 0) is 0 Å². The lowest BCUT2D eigenvalue weighted by Crippen LogP contribution is -2.03. The maximum absolute atomic E-state index is 4.49. The minimum absolute atomic E-state index is 0.679. The van der Waals surface area contributed by atoms with E-state index in [1.165, 1.54) is 0 Å².